The van der Waals surface area contributed by atoms with Gasteiger partial charge in [0.25, 0.3) is 0 Å². The van der Waals surface area contributed by atoms with E-state index in [4.69, 9.17) is 19.2 Å². The van der Waals surface area contributed by atoms with Crippen LogP contribution >= 0.6 is 0 Å². The van der Waals surface area contributed by atoms with E-state index in [1.54, 1.807) is 21.3 Å². The lowest BCUT2D eigenvalue weighted by Crippen LogP contribution is -2.11. The summed E-state index contributed by atoms with van der Waals surface area (Å²) in [5.41, 5.74) is 5.92. The van der Waals surface area contributed by atoms with Crippen molar-refractivity contribution in [1.29, 1.82) is 0 Å². The first-order chi connectivity index (χ1) is 14.6. The Morgan fingerprint density at radius 2 is 1.53 bits per heavy atom. The summed E-state index contributed by atoms with van der Waals surface area (Å²) < 4.78 is 18.6. The second kappa shape index (κ2) is 7.99. The van der Waals surface area contributed by atoms with E-state index in [0.29, 0.717) is 11.5 Å². The molecule has 2 aromatic carbocycles. The smallest absolute Gasteiger partial charge is 0.161 e. The molecule has 0 aliphatic heterocycles. The number of hydrogen-bond donors (Lipinski definition) is 0. The van der Waals surface area contributed by atoms with Crippen molar-refractivity contribution in [1.82, 2.24) is 9.38 Å². The van der Waals surface area contributed by atoms with Gasteiger partial charge in [-0.2, -0.15) is 0 Å². The van der Waals surface area contributed by atoms with Crippen LogP contribution in [0.25, 0.3) is 28.0 Å². The number of aromatic nitrogens is 2. The van der Waals surface area contributed by atoms with Crippen molar-refractivity contribution in [3.63, 3.8) is 0 Å². The minimum Gasteiger partial charge on any atom is -0.496 e. The molecule has 0 radical (unpaired) electrons. The molecule has 0 amide bonds. The lowest BCUT2D eigenvalue weighted by Gasteiger charge is -2.17. The van der Waals surface area contributed by atoms with E-state index in [-0.39, 0.29) is 0 Å². The maximum atomic E-state index is 5.60. The van der Waals surface area contributed by atoms with Crippen LogP contribution in [0.3, 0.4) is 0 Å². The number of ether oxygens (including phenoxy) is 3. The second-order valence-corrected chi connectivity index (χ2v) is 7.12. The monoisotopic (exact) mass is 403 g/mol. The van der Waals surface area contributed by atoms with Gasteiger partial charge in [-0.05, 0) is 30.3 Å². The van der Waals surface area contributed by atoms with Crippen LogP contribution in [0.1, 0.15) is 0 Å². The Morgan fingerprint density at radius 3 is 2.23 bits per heavy atom. The van der Waals surface area contributed by atoms with Gasteiger partial charge >= 0.3 is 0 Å². The van der Waals surface area contributed by atoms with Crippen molar-refractivity contribution in [2.45, 2.75) is 0 Å². The number of anilines is 1. The number of hydrogen-bond acceptors (Lipinski definition) is 5. The van der Waals surface area contributed by atoms with Gasteiger partial charge in [-0.1, -0.05) is 18.2 Å². The molecule has 2 aromatic heterocycles. The van der Waals surface area contributed by atoms with Crippen LogP contribution in [0.4, 0.5) is 5.69 Å². The third kappa shape index (κ3) is 3.30. The standard InChI is InChI=1S/C24H25N3O3/c1-26(2)19-12-17(18-8-6-7-9-21(18)28-3)15-27-20(14-25-24(19)27)16-10-11-22(29-4)23(13-16)30-5/h6-15H,1-5H3. The maximum absolute atomic E-state index is 5.60. The maximum Gasteiger partial charge on any atom is 0.161 e. The van der Waals surface area contributed by atoms with Crippen molar-refractivity contribution in [3.8, 4) is 39.6 Å². The predicted molar refractivity (Wildman–Crippen MR) is 120 cm³/mol. The van der Waals surface area contributed by atoms with Crippen LogP contribution in [0.2, 0.25) is 0 Å². The molecule has 6 heteroatoms. The average molecular weight is 403 g/mol. The molecule has 0 unspecified atom stereocenters. The van der Waals surface area contributed by atoms with E-state index < -0.39 is 0 Å². The highest BCUT2D eigenvalue weighted by Crippen LogP contribution is 2.37. The summed E-state index contributed by atoms with van der Waals surface area (Å²) in [5.74, 6) is 2.20. The zero-order chi connectivity index (χ0) is 21.3. The Hall–Kier alpha value is -3.67. The van der Waals surface area contributed by atoms with E-state index in [2.05, 4.69) is 27.6 Å². The topological polar surface area (TPSA) is 48.2 Å². The van der Waals surface area contributed by atoms with Crippen molar-refractivity contribution in [2.75, 3.05) is 40.3 Å². The van der Waals surface area contributed by atoms with Crippen molar-refractivity contribution in [3.05, 3.63) is 60.9 Å². The molecule has 2 heterocycles. The summed E-state index contributed by atoms with van der Waals surface area (Å²) >= 11 is 0. The van der Waals surface area contributed by atoms with Crippen LogP contribution in [-0.2, 0) is 0 Å². The summed E-state index contributed by atoms with van der Waals surface area (Å²) in [4.78, 5) is 6.78. The molecule has 4 aromatic rings. The van der Waals surface area contributed by atoms with Gasteiger partial charge in [0.2, 0.25) is 0 Å². The number of nitrogens with zero attached hydrogens (tertiary/aromatic N) is 3. The summed E-state index contributed by atoms with van der Waals surface area (Å²) in [6.45, 7) is 0. The minimum absolute atomic E-state index is 0.679. The fraction of sp³-hybridized carbons (Fsp3) is 0.208. The van der Waals surface area contributed by atoms with E-state index in [0.717, 1.165) is 39.5 Å². The molecule has 0 fully saturated rings. The molecular weight excluding hydrogens is 378 g/mol. The number of para-hydroxylation sites is 1. The van der Waals surface area contributed by atoms with Crippen LogP contribution in [0.15, 0.2) is 60.9 Å². The van der Waals surface area contributed by atoms with Crippen molar-refractivity contribution < 1.29 is 14.2 Å². The molecule has 0 aliphatic carbocycles. The van der Waals surface area contributed by atoms with Gasteiger partial charge in [0, 0.05) is 37.0 Å². The number of pyridine rings is 1. The van der Waals surface area contributed by atoms with E-state index in [9.17, 15) is 0 Å². The first-order valence-corrected chi connectivity index (χ1v) is 9.61. The fourth-order valence-corrected chi connectivity index (χ4v) is 3.64. The van der Waals surface area contributed by atoms with Crippen molar-refractivity contribution >= 4 is 11.3 Å². The molecule has 0 atom stereocenters. The van der Waals surface area contributed by atoms with Gasteiger partial charge in [-0.3, -0.25) is 4.40 Å². The summed E-state index contributed by atoms with van der Waals surface area (Å²) in [5, 5.41) is 0. The molecule has 0 saturated carbocycles. The molecule has 0 N–H and O–H groups in total. The quantitative estimate of drug-likeness (QED) is 0.465. The van der Waals surface area contributed by atoms with E-state index in [1.807, 2.05) is 56.7 Å². The molecular formula is C24H25N3O3. The highest BCUT2D eigenvalue weighted by Gasteiger charge is 2.16. The second-order valence-electron chi connectivity index (χ2n) is 7.12. The zero-order valence-electron chi connectivity index (χ0n) is 17.8. The van der Waals surface area contributed by atoms with Gasteiger partial charge in [-0.25, -0.2) is 4.98 Å². The normalized spacial score (nSPS) is 10.8. The Kier molecular flexibility index (Phi) is 5.23. The highest BCUT2D eigenvalue weighted by molar-refractivity contribution is 5.82. The van der Waals surface area contributed by atoms with Crippen LogP contribution < -0.4 is 19.1 Å². The molecule has 6 nitrogen and oxygen atoms in total. The average Bonchev–Trinajstić information content (AvgIpc) is 3.21. The lowest BCUT2D eigenvalue weighted by molar-refractivity contribution is 0.355. The molecule has 0 spiro atoms. The molecule has 0 bridgehead atoms. The Morgan fingerprint density at radius 1 is 0.800 bits per heavy atom. The number of fused-ring (bicyclic) bond motifs is 1. The summed E-state index contributed by atoms with van der Waals surface area (Å²) in [6, 6.07) is 16.0. The van der Waals surface area contributed by atoms with Gasteiger partial charge in [-0.15, -0.1) is 0 Å². The summed E-state index contributed by atoms with van der Waals surface area (Å²) in [7, 11) is 9.00. The first-order valence-electron chi connectivity index (χ1n) is 9.61. The van der Waals surface area contributed by atoms with Crippen LogP contribution in [0.5, 0.6) is 17.2 Å². The van der Waals surface area contributed by atoms with Gasteiger partial charge in [0.15, 0.2) is 17.1 Å². The van der Waals surface area contributed by atoms with E-state index >= 15 is 0 Å². The van der Waals surface area contributed by atoms with Gasteiger partial charge in [0.05, 0.1) is 38.9 Å². The van der Waals surface area contributed by atoms with E-state index in [1.165, 1.54) is 0 Å². The fourth-order valence-electron chi connectivity index (χ4n) is 3.64. The number of imidazole rings is 1. The molecule has 0 saturated heterocycles. The van der Waals surface area contributed by atoms with Crippen molar-refractivity contribution in [2.24, 2.45) is 0 Å². The Balaban J connectivity index is 1.97. The Labute approximate surface area is 176 Å². The minimum atomic E-state index is 0.679. The number of rotatable bonds is 6. The first kappa shape index (κ1) is 19.6. The van der Waals surface area contributed by atoms with Crippen LogP contribution in [0, 0.1) is 0 Å². The molecule has 4 rings (SSSR count). The number of benzene rings is 2. The molecule has 30 heavy (non-hydrogen) atoms. The highest BCUT2D eigenvalue weighted by atomic mass is 16.5. The molecule has 0 aliphatic rings. The third-order valence-corrected chi connectivity index (χ3v) is 5.17. The summed E-state index contributed by atoms with van der Waals surface area (Å²) in [6.07, 6.45) is 3.98. The van der Waals surface area contributed by atoms with Crippen LogP contribution in [-0.4, -0.2) is 44.8 Å². The number of methoxy groups -OCH3 is 3. The largest absolute Gasteiger partial charge is 0.496 e. The Bertz CT molecular complexity index is 1200. The predicted octanol–water partition coefficient (Wildman–Crippen LogP) is 4.76. The SMILES string of the molecule is COc1ccc(-c2cnc3c(N(C)C)cc(-c4ccccc4OC)cn23)cc1OC. The van der Waals surface area contributed by atoms with Gasteiger partial charge < -0.3 is 19.1 Å². The lowest BCUT2D eigenvalue weighted by atomic mass is 10.1. The van der Waals surface area contributed by atoms with Gasteiger partial charge in [0.1, 0.15) is 5.75 Å². The zero-order valence-corrected chi connectivity index (χ0v) is 17.8. The molecule has 154 valence electrons. The third-order valence-electron chi connectivity index (χ3n) is 5.17.